The summed E-state index contributed by atoms with van der Waals surface area (Å²) in [7, 11) is 0. The van der Waals surface area contributed by atoms with Crippen LogP contribution in [-0.4, -0.2) is 22.7 Å². The Morgan fingerprint density at radius 2 is 2.16 bits per heavy atom. The number of carbonyl (C=O) groups is 1. The van der Waals surface area contributed by atoms with Crippen molar-refractivity contribution in [3.05, 3.63) is 24.3 Å². The molecule has 3 nitrogen and oxygen atoms in total. The van der Waals surface area contributed by atoms with E-state index in [2.05, 4.69) is 18.2 Å². The number of aromatic nitrogens is 1. The molecule has 0 saturated heterocycles. The van der Waals surface area contributed by atoms with Crippen LogP contribution in [0.1, 0.15) is 20.3 Å². The van der Waals surface area contributed by atoms with Crippen LogP contribution >= 0.6 is 23.1 Å². The molecule has 1 aromatic heterocycles. The maximum atomic E-state index is 12.2. The van der Waals surface area contributed by atoms with Crippen LogP contribution in [0, 0.1) is 5.92 Å². The number of anilines is 1. The zero-order valence-electron chi connectivity index (χ0n) is 11.1. The van der Waals surface area contributed by atoms with E-state index in [0.717, 1.165) is 15.9 Å². The van der Waals surface area contributed by atoms with Crippen LogP contribution in [0.15, 0.2) is 24.3 Å². The molecule has 1 heterocycles. The van der Waals surface area contributed by atoms with Gasteiger partial charge in [0.1, 0.15) is 5.00 Å². The highest BCUT2D eigenvalue weighted by Crippen LogP contribution is 2.32. The van der Waals surface area contributed by atoms with E-state index in [4.69, 9.17) is 11.6 Å². The van der Waals surface area contributed by atoms with Gasteiger partial charge in [0.05, 0.1) is 5.52 Å². The molecule has 0 unspecified atom stereocenters. The minimum atomic E-state index is 0.0677. The fourth-order valence-electron chi connectivity index (χ4n) is 1.95. The molecule has 2 aromatic rings. The van der Waals surface area contributed by atoms with Gasteiger partial charge in [-0.3, -0.25) is 4.79 Å². The Morgan fingerprint density at radius 1 is 1.42 bits per heavy atom. The number of rotatable bonds is 5. The first-order valence-corrected chi connectivity index (χ1v) is 7.65. The first-order chi connectivity index (χ1) is 9.13. The van der Waals surface area contributed by atoms with Gasteiger partial charge in [-0.15, -0.1) is 11.6 Å². The van der Waals surface area contributed by atoms with Gasteiger partial charge >= 0.3 is 0 Å². The minimum Gasteiger partial charge on any atom is -0.302 e. The van der Waals surface area contributed by atoms with Gasteiger partial charge in [0.2, 0.25) is 5.91 Å². The van der Waals surface area contributed by atoms with Crippen LogP contribution in [0.25, 0.3) is 10.9 Å². The minimum absolute atomic E-state index is 0.0677. The molecular formula is C14H17ClN2OS. The lowest BCUT2D eigenvalue weighted by Crippen LogP contribution is -2.33. The average molecular weight is 297 g/mol. The van der Waals surface area contributed by atoms with Crippen LogP contribution in [0.5, 0.6) is 0 Å². The van der Waals surface area contributed by atoms with Crippen LogP contribution in [0.3, 0.4) is 0 Å². The highest BCUT2D eigenvalue weighted by Gasteiger charge is 2.20. The number of halogens is 1. The molecule has 1 amide bonds. The lowest BCUT2D eigenvalue weighted by Gasteiger charge is -2.22. The smallest absolute Gasteiger partial charge is 0.228 e. The van der Waals surface area contributed by atoms with Gasteiger partial charge in [-0.25, -0.2) is 0 Å². The normalized spacial score (nSPS) is 11.2. The summed E-state index contributed by atoms with van der Waals surface area (Å²) in [5, 5.41) is 1.97. The van der Waals surface area contributed by atoms with E-state index in [1.54, 1.807) is 0 Å². The summed E-state index contributed by atoms with van der Waals surface area (Å²) < 4.78 is 4.40. The molecule has 0 radical (unpaired) electrons. The largest absolute Gasteiger partial charge is 0.302 e. The highest BCUT2D eigenvalue weighted by molar-refractivity contribution is 7.12. The Hall–Kier alpha value is -1.13. The third-order valence-electron chi connectivity index (χ3n) is 2.77. The number of alkyl halides is 1. The number of nitrogens with zero attached hydrogens (tertiary/aromatic N) is 2. The van der Waals surface area contributed by atoms with E-state index in [9.17, 15) is 4.79 Å². The van der Waals surface area contributed by atoms with Crippen molar-refractivity contribution in [3.8, 4) is 0 Å². The number of hydrogen-bond donors (Lipinski definition) is 0. The van der Waals surface area contributed by atoms with Gasteiger partial charge in [0.25, 0.3) is 0 Å². The van der Waals surface area contributed by atoms with Gasteiger partial charge in [0, 0.05) is 24.2 Å². The summed E-state index contributed by atoms with van der Waals surface area (Å²) >= 11 is 7.08. The van der Waals surface area contributed by atoms with Crippen LogP contribution < -0.4 is 4.90 Å². The topological polar surface area (TPSA) is 33.2 Å². The van der Waals surface area contributed by atoms with E-state index in [1.807, 2.05) is 29.2 Å². The fraction of sp³-hybridized carbons (Fsp3) is 0.429. The monoisotopic (exact) mass is 296 g/mol. The Labute approximate surface area is 122 Å². The molecule has 0 aliphatic heterocycles. The molecule has 0 fully saturated rings. The summed E-state index contributed by atoms with van der Waals surface area (Å²) in [5.41, 5.74) is 0.940. The maximum Gasteiger partial charge on any atom is 0.228 e. The van der Waals surface area contributed by atoms with Crippen molar-refractivity contribution < 1.29 is 4.79 Å². The van der Waals surface area contributed by atoms with Gasteiger partial charge in [-0.05, 0) is 29.6 Å². The summed E-state index contributed by atoms with van der Waals surface area (Å²) in [4.78, 5) is 14.1. The maximum absolute atomic E-state index is 12.2. The Balaban J connectivity index is 2.39. The first-order valence-electron chi connectivity index (χ1n) is 6.34. The van der Waals surface area contributed by atoms with Gasteiger partial charge in [-0.2, -0.15) is 4.37 Å². The van der Waals surface area contributed by atoms with Crippen LogP contribution in [0.2, 0.25) is 0 Å². The number of hydrogen-bond acceptors (Lipinski definition) is 3. The van der Waals surface area contributed by atoms with Crippen molar-refractivity contribution in [2.24, 2.45) is 5.92 Å². The zero-order chi connectivity index (χ0) is 13.8. The quantitative estimate of drug-likeness (QED) is 0.784. The molecule has 19 heavy (non-hydrogen) atoms. The van der Waals surface area contributed by atoms with Crippen molar-refractivity contribution in [2.75, 3.05) is 17.3 Å². The Kier molecular flexibility index (Phi) is 4.77. The average Bonchev–Trinajstić information content (AvgIpc) is 2.79. The van der Waals surface area contributed by atoms with Crippen molar-refractivity contribution in [1.82, 2.24) is 4.37 Å². The predicted molar refractivity (Wildman–Crippen MR) is 82.1 cm³/mol. The lowest BCUT2D eigenvalue weighted by atomic mass is 10.2. The second-order valence-corrected chi connectivity index (χ2v) is 5.97. The van der Waals surface area contributed by atoms with Crippen molar-refractivity contribution in [3.63, 3.8) is 0 Å². The highest BCUT2D eigenvalue weighted by atomic mass is 35.5. The predicted octanol–water partition coefficient (Wildman–Crippen LogP) is 3.91. The lowest BCUT2D eigenvalue weighted by molar-refractivity contribution is -0.118. The summed E-state index contributed by atoms with van der Waals surface area (Å²) in [6, 6.07) is 7.91. The van der Waals surface area contributed by atoms with E-state index < -0.39 is 0 Å². The molecule has 0 atom stereocenters. The molecule has 1 aromatic carbocycles. The molecule has 0 aliphatic rings. The SMILES string of the molecule is CC(C)CN(C(=O)CCCl)c1snc2ccccc12. The standard InChI is InChI=1S/C14H17ClN2OS/c1-10(2)9-17(13(18)7-8-15)14-11-5-3-4-6-12(11)16-19-14/h3-6,10H,7-9H2,1-2H3. The Bertz CT molecular complexity index is 567. The molecule has 0 N–H and O–H groups in total. The van der Waals surface area contributed by atoms with Crippen LogP contribution in [0.4, 0.5) is 5.00 Å². The third-order valence-corrected chi connectivity index (χ3v) is 3.86. The van der Waals surface area contributed by atoms with E-state index in [1.165, 1.54) is 11.5 Å². The summed E-state index contributed by atoms with van der Waals surface area (Å²) in [6.07, 6.45) is 0.362. The molecule has 5 heteroatoms. The number of fused-ring (bicyclic) bond motifs is 1. The molecule has 0 aliphatic carbocycles. The number of amides is 1. The first kappa shape index (κ1) is 14.3. The number of carbonyl (C=O) groups excluding carboxylic acids is 1. The third kappa shape index (κ3) is 3.25. The summed E-state index contributed by atoms with van der Waals surface area (Å²) in [5.74, 6) is 0.822. The van der Waals surface area contributed by atoms with Crippen molar-refractivity contribution in [2.45, 2.75) is 20.3 Å². The van der Waals surface area contributed by atoms with Gasteiger partial charge < -0.3 is 4.90 Å². The van der Waals surface area contributed by atoms with E-state index in [-0.39, 0.29) is 5.91 Å². The van der Waals surface area contributed by atoms with Gasteiger partial charge in [-0.1, -0.05) is 26.0 Å². The van der Waals surface area contributed by atoms with Gasteiger partial charge in [0.15, 0.2) is 0 Å². The molecule has 102 valence electrons. The zero-order valence-corrected chi connectivity index (χ0v) is 12.7. The number of benzene rings is 1. The second-order valence-electron chi connectivity index (χ2n) is 4.84. The van der Waals surface area contributed by atoms with E-state index >= 15 is 0 Å². The molecular weight excluding hydrogens is 280 g/mol. The molecule has 0 saturated carbocycles. The Morgan fingerprint density at radius 3 is 2.84 bits per heavy atom. The molecule has 0 spiro atoms. The second kappa shape index (κ2) is 6.35. The fourth-order valence-corrected chi connectivity index (χ4v) is 3.00. The summed E-state index contributed by atoms with van der Waals surface area (Å²) in [6.45, 7) is 4.90. The van der Waals surface area contributed by atoms with Crippen molar-refractivity contribution in [1.29, 1.82) is 0 Å². The van der Waals surface area contributed by atoms with Crippen molar-refractivity contribution >= 4 is 44.9 Å². The van der Waals surface area contributed by atoms with Crippen LogP contribution in [-0.2, 0) is 4.79 Å². The van der Waals surface area contributed by atoms with E-state index in [0.29, 0.717) is 24.8 Å². The molecule has 2 rings (SSSR count). The molecule has 0 bridgehead atoms.